The van der Waals surface area contributed by atoms with Crippen LogP contribution in [0.25, 0.3) is 6.08 Å². The first kappa shape index (κ1) is 34.0. The van der Waals surface area contributed by atoms with E-state index in [1.165, 1.54) is 5.69 Å². The van der Waals surface area contributed by atoms with Crippen LogP contribution in [0, 0.1) is 0 Å². The van der Waals surface area contributed by atoms with Gasteiger partial charge in [0.25, 0.3) is 11.8 Å². The number of rotatable bonds is 12. The van der Waals surface area contributed by atoms with Gasteiger partial charge >= 0.3 is 0 Å². The molecule has 2 saturated heterocycles. The molecule has 3 aliphatic heterocycles. The number of carbonyl (C=O) groups is 2. The largest absolute Gasteiger partial charge is 0.497 e. The Bertz CT molecular complexity index is 1870. The van der Waals surface area contributed by atoms with Crippen molar-refractivity contribution in [3.63, 3.8) is 0 Å². The van der Waals surface area contributed by atoms with Gasteiger partial charge in [-0.15, -0.1) is 0 Å². The summed E-state index contributed by atoms with van der Waals surface area (Å²) in [6.07, 6.45) is 3.43. The third-order valence-electron chi connectivity index (χ3n) is 9.89. The van der Waals surface area contributed by atoms with Gasteiger partial charge in [-0.25, -0.2) is 0 Å². The summed E-state index contributed by atoms with van der Waals surface area (Å²) in [7, 11) is 3.32. The van der Waals surface area contributed by atoms with E-state index in [0.717, 1.165) is 68.0 Å². The Morgan fingerprint density at radius 1 is 0.882 bits per heavy atom. The van der Waals surface area contributed by atoms with Crippen molar-refractivity contribution in [2.75, 3.05) is 70.2 Å². The number of nitrogens with one attached hydrogen (secondary N) is 2. The van der Waals surface area contributed by atoms with Crippen LogP contribution < -0.4 is 29.7 Å². The zero-order chi connectivity index (χ0) is 35.2. The van der Waals surface area contributed by atoms with Gasteiger partial charge in [-0.05, 0) is 90.7 Å². The highest BCUT2D eigenvalue weighted by Crippen LogP contribution is 2.36. The highest BCUT2D eigenvalue weighted by atomic mass is 16.5. The van der Waals surface area contributed by atoms with Crippen LogP contribution in [0.4, 0.5) is 11.4 Å². The van der Waals surface area contributed by atoms with Crippen molar-refractivity contribution < 1.29 is 23.8 Å². The Labute approximate surface area is 299 Å². The minimum Gasteiger partial charge on any atom is -0.497 e. The minimum atomic E-state index is -0.288. The minimum absolute atomic E-state index is 0.0298. The number of hydrogen-bond acceptors (Lipinski definition) is 8. The number of piperazine rings is 1. The maximum Gasteiger partial charge on any atom is 0.257 e. The van der Waals surface area contributed by atoms with Crippen LogP contribution >= 0.6 is 0 Å². The number of carbonyl (C=O) groups excluding carboxylic acids is 2. The molecule has 0 aromatic heterocycles. The lowest BCUT2D eigenvalue weighted by Crippen LogP contribution is -2.47. The highest BCUT2D eigenvalue weighted by Gasteiger charge is 2.38. The highest BCUT2D eigenvalue weighted by molar-refractivity contribution is 6.05. The topological polar surface area (TPSA) is 95.6 Å². The maximum atomic E-state index is 13.5. The number of nitrogens with zero attached hydrogens (tertiary/aromatic N) is 3. The van der Waals surface area contributed by atoms with Gasteiger partial charge < -0.3 is 34.6 Å². The van der Waals surface area contributed by atoms with Crippen LogP contribution in [0.2, 0.25) is 0 Å². The quantitative estimate of drug-likeness (QED) is 0.178. The SMILES string of the molecule is COc1ccc(N2CCN(CCCNC(=O)c3ccc4c(c3)NC3/C(=C/c5ccc(OC)c(OCc6ccccc6)c5)CCN3C4=O)CC2)cc1. The van der Waals surface area contributed by atoms with E-state index in [-0.39, 0.29) is 18.0 Å². The fourth-order valence-corrected chi connectivity index (χ4v) is 7.02. The number of benzene rings is 4. The van der Waals surface area contributed by atoms with E-state index in [1.54, 1.807) is 32.4 Å². The average Bonchev–Trinajstić information content (AvgIpc) is 3.58. The zero-order valence-corrected chi connectivity index (χ0v) is 29.3. The normalized spacial score (nSPS) is 17.8. The van der Waals surface area contributed by atoms with Crippen LogP contribution in [0.1, 0.15) is 44.7 Å². The maximum absolute atomic E-state index is 13.5. The molecule has 0 aliphatic carbocycles. The standard InChI is InChI=1S/C41H45N5O5/c1-49-34-13-11-33(12-14-34)45-23-21-44(22-24-45)19-6-18-42-40(47)32-10-15-35-36(27-32)43-39-31(17-20-46(39)41(35)48)25-30-9-16-37(50-2)38(26-30)51-28-29-7-4-3-5-8-29/h3-5,7-16,25-27,39,43H,6,17-24,28H2,1-2H3,(H,42,47)/b31-25+. The van der Waals surface area contributed by atoms with E-state index in [1.807, 2.05) is 65.6 Å². The summed E-state index contributed by atoms with van der Waals surface area (Å²) < 4.78 is 17.0. The number of fused-ring (bicyclic) bond motifs is 2. The molecule has 2 N–H and O–H groups in total. The van der Waals surface area contributed by atoms with Gasteiger partial charge in [0.2, 0.25) is 0 Å². The average molecular weight is 688 g/mol. The number of hydrogen-bond donors (Lipinski definition) is 2. The monoisotopic (exact) mass is 687 g/mol. The molecule has 10 heteroatoms. The Morgan fingerprint density at radius 2 is 1.69 bits per heavy atom. The van der Waals surface area contributed by atoms with Crippen LogP contribution in [-0.4, -0.2) is 87.8 Å². The first-order valence-corrected chi connectivity index (χ1v) is 17.7. The smallest absolute Gasteiger partial charge is 0.257 e. The second-order valence-corrected chi connectivity index (χ2v) is 13.1. The summed E-state index contributed by atoms with van der Waals surface area (Å²) in [5.74, 6) is 2.02. The van der Waals surface area contributed by atoms with E-state index in [9.17, 15) is 9.59 Å². The molecular weight excluding hydrogens is 642 g/mol. The van der Waals surface area contributed by atoms with Gasteiger partial charge in [-0.2, -0.15) is 0 Å². The molecule has 3 aliphatic rings. The van der Waals surface area contributed by atoms with Gasteiger partial charge in [0.05, 0.1) is 19.8 Å². The van der Waals surface area contributed by atoms with Crippen LogP contribution in [0.3, 0.4) is 0 Å². The summed E-state index contributed by atoms with van der Waals surface area (Å²) in [6, 6.07) is 29.4. The first-order chi connectivity index (χ1) is 25.0. The van der Waals surface area contributed by atoms with Crippen LogP contribution in [0.5, 0.6) is 17.2 Å². The molecule has 0 radical (unpaired) electrons. The van der Waals surface area contributed by atoms with Gasteiger partial charge in [0.15, 0.2) is 11.5 Å². The second-order valence-electron chi connectivity index (χ2n) is 13.1. The summed E-state index contributed by atoms with van der Waals surface area (Å²) in [5, 5.41) is 6.63. The van der Waals surface area contributed by atoms with Crippen molar-refractivity contribution in [3.8, 4) is 17.2 Å². The molecule has 0 saturated carbocycles. The Kier molecular flexibility index (Phi) is 10.4. The molecular formula is C41H45N5O5. The molecule has 0 bridgehead atoms. The fraction of sp³-hybridized carbons (Fsp3) is 0.317. The molecule has 4 aromatic carbocycles. The second kappa shape index (κ2) is 15.6. The van der Waals surface area contributed by atoms with Crippen molar-refractivity contribution >= 4 is 29.3 Å². The fourth-order valence-electron chi connectivity index (χ4n) is 7.02. The molecule has 1 unspecified atom stereocenters. The van der Waals surface area contributed by atoms with Crippen molar-refractivity contribution in [1.29, 1.82) is 0 Å². The van der Waals surface area contributed by atoms with Crippen molar-refractivity contribution in [2.45, 2.75) is 25.6 Å². The molecule has 264 valence electrons. The predicted octanol–water partition coefficient (Wildman–Crippen LogP) is 5.91. The predicted molar refractivity (Wildman–Crippen MR) is 200 cm³/mol. The molecule has 51 heavy (non-hydrogen) atoms. The summed E-state index contributed by atoms with van der Waals surface area (Å²) in [6.45, 7) is 6.48. The number of methoxy groups -OCH3 is 2. The van der Waals surface area contributed by atoms with E-state index in [0.29, 0.717) is 48.0 Å². The summed E-state index contributed by atoms with van der Waals surface area (Å²) in [5.41, 5.74) is 6.14. The lowest BCUT2D eigenvalue weighted by molar-refractivity contribution is 0.0749. The van der Waals surface area contributed by atoms with Crippen molar-refractivity contribution in [1.82, 2.24) is 15.1 Å². The Balaban J connectivity index is 0.933. The Morgan fingerprint density at radius 3 is 2.45 bits per heavy atom. The first-order valence-electron chi connectivity index (χ1n) is 17.7. The molecule has 1 atom stereocenters. The van der Waals surface area contributed by atoms with Gasteiger partial charge in [0, 0.05) is 56.2 Å². The van der Waals surface area contributed by atoms with E-state index in [4.69, 9.17) is 14.2 Å². The number of ether oxygens (including phenoxy) is 3. The Hall–Kier alpha value is -5.48. The number of anilines is 2. The van der Waals surface area contributed by atoms with E-state index in [2.05, 4.69) is 38.6 Å². The molecule has 3 heterocycles. The van der Waals surface area contributed by atoms with Crippen molar-refractivity contribution in [3.05, 3.63) is 119 Å². The van der Waals surface area contributed by atoms with E-state index >= 15 is 0 Å². The summed E-state index contributed by atoms with van der Waals surface area (Å²) in [4.78, 5) is 33.4. The summed E-state index contributed by atoms with van der Waals surface area (Å²) >= 11 is 0. The van der Waals surface area contributed by atoms with Gasteiger partial charge in [-0.3, -0.25) is 14.5 Å². The van der Waals surface area contributed by atoms with Gasteiger partial charge in [0.1, 0.15) is 18.5 Å². The number of amides is 2. The molecule has 2 amide bonds. The lowest BCUT2D eigenvalue weighted by Gasteiger charge is -2.36. The molecule has 2 fully saturated rings. The third kappa shape index (κ3) is 7.81. The molecule has 0 spiro atoms. The van der Waals surface area contributed by atoms with E-state index < -0.39 is 0 Å². The van der Waals surface area contributed by atoms with Gasteiger partial charge in [-0.1, -0.05) is 42.5 Å². The van der Waals surface area contributed by atoms with Crippen molar-refractivity contribution in [2.24, 2.45) is 0 Å². The lowest BCUT2D eigenvalue weighted by atomic mass is 10.0. The third-order valence-corrected chi connectivity index (χ3v) is 9.89. The molecule has 7 rings (SSSR count). The zero-order valence-electron chi connectivity index (χ0n) is 29.3. The van der Waals surface area contributed by atoms with Crippen LogP contribution in [0.15, 0.2) is 96.6 Å². The van der Waals surface area contributed by atoms with Crippen LogP contribution in [-0.2, 0) is 6.61 Å². The molecule has 10 nitrogen and oxygen atoms in total. The molecule has 4 aromatic rings.